The van der Waals surface area contributed by atoms with Crippen molar-refractivity contribution in [2.24, 2.45) is 0 Å². The van der Waals surface area contributed by atoms with Crippen LogP contribution >= 0.6 is 23.2 Å². The number of aliphatic hydroxyl groups is 1. The minimum atomic E-state index is -0.919. The van der Waals surface area contributed by atoms with Crippen LogP contribution in [0.2, 0.25) is 10.0 Å². The van der Waals surface area contributed by atoms with Gasteiger partial charge in [0.1, 0.15) is 5.41 Å². The third-order valence-corrected chi connectivity index (χ3v) is 3.44. The number of rotatable bonds is 5. The van der Waals surface area contributed by atoms with Crippen molar-refractivity contribution in [1.82, 2.24) is 0 Å². The molecule has 1 aromatic carbocycles. The molecule has 17 heavy (non-hydrogen) atoms. The predicted molar refractivity (Wildman–Crippen MR) is 70.4 cm³/mol. The molecule has 92 valence electrons. The van der Waals surface area contributed by atoms with E-state index in [1.807, 2.05) is 6.92 Å². The van der Waals surface area contributed by atoms with Crippen molar-refractivity contribution < 1.29 is 5.11 Å². The summed E-state index contributed by atoms with van der Waals surface area (Å²) < 4.78 is 0. The lowest BCUT2D eigenvalue weighted by atomic mass is 9.78. The minimum absolute atomic E-state index is 0.231. The highest BCUT2D eigenvalue weighted by Gasteiger charge is 2.33. The fraction of sp³-hybridized carbons (Fsp3) is 0.462. The first kappa shape index (κ1) is 14.3. The Morgan fingerprint density at radius 3 is 2.59 bits per heavy atom. The lowest BCUT2D eigenvalue weighted by Gasteiger charge is -2.25. The number of nitriles is 1. The van der Waals surface area contributed by atoms with Crippen molar-refractivity contribution in [3.05, 3.63) is 33.8 Å². The first-order valence-electron chi connectivity index (χ1n) is 5.57. The molecule has 0 aliphatic heterocycles. The van der Waals surface area contributed by atoms with Gasteiger partial charge in [0.05, 0.1) is 12.7 Å². The van der Waals surface area contributed by atoms with Crippen LogP contribution in [0.4, 0.5) is 0 Å². The molecule has 0 spiro atoms. The first-order valence-corrected chi connectivity index (χ1v) is 6.33. The van der Waals surface area contributed by atoms with Crippen LogP contribution in [0.25, 0.3) is 0 Å². The van der Waals surface area contributed by atoms with Crippen LogP contribution in [0.3, 0.4) is 0 Å². The Morgan fingerprint density at radius 1 is 1.41 bits per heavy atom. The number of benzene rings is 1. The van der Waals surface area contributed by atoms with Crippen LogP contribution in [-0.2, 0) is 5.41 Å². The van der Waals surface area contributed by atoms with E-state index in [1.165, 1.54) is 0 Å². The van der Waals surface area contributed by atoms with E-state index in [0.29, 0.717) is 22.0 Å². The summed E-state index contributed by atoms with van der Waals surface area (Å²) in [5.41, 5.74) is -0.264. The van der Waals surface area contributed by atoms with Crippen molar-refractivity contribution in [1.29, 1.82) is 5.26 Å². The van der Waals surface area contributed by atoms with Crippen molar-refractivity contribution in [2.45, 2.75) is 31.6 Å². The van der Waals surface area contributed by atoms with Gasteiger partial charge in [-0.3, -0.25) is 0 Å². The first-order chi connectivity index (χ1) is 8.09. The molecule has 0 aromatic heterocycles. The highest BCUT2D eigenvalue weighted by Crippen LogP contribution is 2.35. The van der Waals surface area contributed by atoms with Gasteiger partial charge in [-0.2, -0.15) is 5.26 Å². The molecule has 0 saturated carbocycles. The SMILES string of the molecule is CCCCC(C#N)(CO)c1ccc(Cl)cc1Cl. The Hall–Kier alpha value is -0.750. The number of hydrogen-bond donors (Lipinski definition) is 1. The van der Waals surface area contributed by atoms with Gasteiger partial charge in [0, 0.05) is 10.0 Å². The second-order valence-electron chi connectivity index (χ2n) is 4.08. The molecule has 1 rings (SSSR count). The van der Waals surface area contributed by atoms with Gasteiger partial charge < -0.3 is 5.11 Å². The van der Waals surface area contributed by atoms with Crippen molar-refractivity contribution in [3.63, 3.8) is 0 Å². The van der Waals surface area contributed by atoms with Crippen molar-refractivity contribution in [2.75, 3.05) is 6.61 Å². The Kier molecular flexibility index (Phi) is 5.27. The lowest BCUT2D eigenvalue weighted by molar-refractivity contribution is 0.219. The summed E-state index contributed by atoms with van der Waals surface area (Å²) >= 11 is 11.9. The molecule has 2 nitrogen and oxygen atoms in total. The summed E-state index contributed by atoms with van der Waals surface area (Å²) in [5, 5.41) is 19.8. The fourth-order valence-corrected chi connectivity index (χ4v) is 2.40. The third kappa shape index (κ3) is 3.13. The number of halogens is 2. The molecule has 0 bridgehead atoms. The molecule has 1 atom stereocenters. The Labute approximate surface area is 112 Å². The average Bonchev–Trinajstić information content (AvgIpc) is 2.32. The van der Waals surface area contributed by atoms with Crippen molar-refractivity contribution in [3.8, 4) is 6.07 Å². The summed E-state index contributed by atoms with van der Waals surface area (Å²) in [6.45, 7) is 1.81. The zero-order valence-electron chi connectivity index (χ0n) is 9.71. The van der Waals surface area contributed by atoms with Gasteiger partial charge >= 0.3 is 0 Å². The number of nitrogens with zero attached hydrogens (tertiary/aromatic N) is 1. The zero-order valence-corrected chi connectivity index (χ0v) is 11.2. The number of aliphatic hydroxyl groups excluding tert-OH is 1. The second kappa shape index (κ2) is 6.26. The van der Waals surface area contributed by atoms with Crippen LogP contribution < -0.4 is 0 Å². The maximum absolute atomic E-state index is 9.54. The Bertz CT molecular complexity index is 428. The molecule has 0 fully saturated rings. The molecule has 0 heterocycles. The van der Waals surface area contributed by atoms with Gasteiger partial charge in [-0.1, -0.05) is 49.0 Å². The van der Waals surface area contributed by atoms with E-state index in [4.69, 9.17) is 23.2 Å². The molecule has 0 radical (unpaired) electrons. The minimum Gasteiger partial charge on any atom is -0.394 e. The summed E-state index contributed by atoms with van der Waals surface area (Å²) in [4.78, 5) is 0. The van der Waals surface area contributed by atoms with Gasteiger partial charge in [-0.25, -0.2) is 0 Å². The van der Waals surface area contributed by atoms with Crippen LogP contribution in [0.15, 0.2) is 18.2 Å². The normalized spacial score (nSPS) is 14.1. The molecule has 1 aromatic rings. The van der Waals surface area contributed by atoms with Gasteiger partial charge in [0.2, 0.25) is 0 Å². The molecule has 0 aliphatic carbocycles. The quantitative estimate of drug-likeness (QED) is 0.882. The van der Waals surface area contributed by atoms with Crippen LogP contribution in [0.1, 0.15) is 31.7 Å². The van der Waals surface area contributed by atoms with E-state index in [0.717, 1.165) is 12.8 Å². The molecular formula is C13H15Cl2NO. The fourth-order valence-electron chi connectivity index (χ4n) is 1.81. The van der Waals surface area contributed by atoms with E-state index in [9.17, 15) is 10.4 Å². The van der Waals surface area contributed by atoms with E-state index >= 15 is 0 Å². The zero-order chi connectivity index (χ0) is 12.9. The molecule has 1 N–H and O–H groups in total. The maximum atomic E-state index is 9.54. The largest absolute Gasteiger partial charge is 0.394 e. The van der Waals surface area contributed by atoms with Gasteiger partial charge in [-0.15, -0.1) is 0 Å². The summed E-state index contributed by atoms with van der Waals surface area (Å²) in [6, 6.07) is 7.22. The number of hydrogen-bond acceptors (Lipinski definition) is 2. The summed E-state index contributed by atoms with van der Waals surface area (Å²) in [5.74, 6) is 0. The van der Waals surface area contributed by atoms with E-state index in [1.54, 1.807) is 18.2 Å². The topological polar surface area (TPSA) is 44.0 Å². The standard InChI is InChI=1S/C13H15Cl2NO/c1-2-3-6-13(8-16,9-17)11-5-4-10(14)7-12(11)15/h4-5,7,17H,2-3,6,9H2,1H3. The molecule has 0 saturated heterocycles. The lowest BCUT2D eigenvalue weighted by Crippen LogP contribution is -2.29. The summed E-state index contributed by atoms with van der Waals surface area (Å²) in [6.07, 6.45) is 2.43. The molecule has 0 amide bonds. The van der Waals surface area contributed by atoms with Crippen LogP contribution in [-0.4, -0.2) is 11.7 Å². The van der Waals surface area contributed by atoms with Crippen molar-refractivity contribution >= 4 is 23.2 Å². The van der Waals surface area contributed by atoms with Gasteiger partial charge in [0.25, 0.3) is 0 Å². The highest BCUT2D eigenvalue weighted by molar-refractivity contribution is 6.35. The summed E-state index contributed by atoms with van der Waals surface area (Å²) in [7, 11) is 0. The smallest absolute Gasteiger partial charge is 0.107 e. The predicted octanol–water partition coefficient (Wildman–Crippen LogP) is 3.94. The van der Waals surface area contributed by atoms with Gasteiger partial charge in [0.15, 0.2) is 0 Å². The number of unbranched alkanes of at least 4 members (excludes halogenated alkanes) is 1. The molecule has 0 aliphatic rings. The average molecular weight is 272 g/mol. The van der Waals surface area contributed by atoms with Crippen LogP contribution in [0, 0.1) is 11.3 Å². The molecule has 4 heteroatoms. The monoisotopic (exact) mass is 271 g/mol. The van der Waals surface area contributed by atoms with E-state index < -0.39 is 5.41 Å². The highest BCUT2D eigenvalue weighted by atomic mass is 35.5. The van der Waals surface area contributed by atoms with Gasteiger partial charge in [-0.05, 0) is 24.1 Å². The molecular weight excluding hydrogens is 257 g/mol. The molecule has 1 unspecified atom stereocenters. The third-order valence-electron chi connectivity index (χ3n) is 2.89. The van der Waals surface area contributed by atoms with Crippen LogP contribution in [0.5, 0.6) is 0 Å². The van der Waals surface area contributed by atoms with E-state index in [2.05, 4.69) is 6.07 Å². The van der Waals surface area contributed by atoms with E-state index in [-0.39, 0.29) is 6.61 Å². The second-order valence-corrected chi connectivity index (χ2v) is 4.92. The Balaban J connectivity index is 3.18. The maximum Gasteiger partial charge on any atom is 0.107 e. The Morgan fingerprint density at radius 2 is 2.12 bits per heavy atom.